The number of anilines is 1. The van der Waals surface area contributed by atoms with Gasteiger partial charge in [0.1, 0.15) is 24.2 Å². The summed E-state index contributed by atoms with van der Waals surface area (Å²) in [4.78, 5) is 28.8. The Labute approximate surface area is 190 Å². The van der Waals surface area contributed by atoms with Gasteiger partial charge in [0.15, 0.2) is 6.17 Å². The number of carbonyl (C=O) groups is 2. The molecule has 33 heavy (non-hydrogen) atoms. The van der Waals surface area contributed by atoms with Crippen molar-refractivity contribution in [3.8, 4) is 22.9 Å². The fraction of sp³-hybridized carbons (Fsp3) is 0.417. The van der Waals surface area contributed by atoms with Crippen molar-refractivity contribution in [2.24, 2.45) is 11.8 Å². The molecule has 0 spiro atoms. The smallest absolute Gasteiger partial charge is 0.228 e. The molecule has 1 aliphatic heterocycles. The van der Waals surface area contributed by atoms with Crippen molar-refractivity contribution in [1.82, 2.24) is 10.3 Å². The van der Waals surface area contributed by atoms with Gasteiger partial charge >= 0.3 is 0 Å². The lowest BCUT2D eigenvalue weighted by Gasteiger charge is -2.39. The van der Waals surface area contributed by atoms with Crippen molar-refractivity contribution in [3.63, 3.8) is 0 Å². The minimum Gasteiger partial charge on any atom is -0.475 e. The molecule has 1 aromatic heterocycles. The highest BCUT2D eigenvalue weighted by Gasteiger charge is 2.50. The van der Waals surface area contributed by atoms with E-state index in [1.54, 1.807) is 30.5 Å². The van der Waals surface area contributed by atoms with Crippen LogP contribution in [0.25, 0.3) is 11.1 Å². The number of ether oxygens (including phenoxy) is 1. The summed E-state index contributed by atoms with van der Waals surface area (Å²) in [6.45, 7) is 1.42. The van der Waals surface area contributed by atoms with E-state index in [4.69, 9.17) is 4.74 Å². The van der Waals surface area contributed by atoms with Crippen LogP contribution in [0.3, 0.4) is 0 Å². The first-order chi connectivity index (χ1) is 15.9. The van der Waals surface area contributed by atoms with E-state index in [9.17, 15) is 24.3 Å². The number of aromatic nitrogens is 1. The molecular formula is C24H25FN4O4. The van der Waals surface area contributed by atoms with E-state index in [1.165, 1.54) is 6.07 Å². The lowest BCUT2D eigenvalue weighted by Crippen LogP contribution is -2.61. The number of nitrogens with one attached hydrogen (secondary N) is 2. The number of rotatable bonds is 7. The first-order valence-electron chi connectivity index (χ1n) is 10.9. The molecule has 172 valence electrons. The number of hydrogen-bond acceptors (Lipinski definition) is 7. The van der Waals surface area contributed by atoms with E-state index in [1.807, 2.05) is 13.0 Å². The molecule has 2 aliphatic rings. The van der Waals surface area contributed by atoms with Crippen LogP contribution in [0.1, 0.15) is 25.3 Å². The topological polar surface area (TPSA) is 124 Å². The predicted molar refractivity (Wildman–Crippen MR) is 118 cm³/mol. The summed E-state index contributed by atoms with van der Waals surface area (Å²) in [6.07, 6.45) is 0.801. The lowest BCUT2D eigenvalue weighted by atomic mass is 9.86. The maximum atomic E-state index is 14.8. The number of hydrogen-bond donors (Lipinski definition) is 3. The molecule has 1 aromatic carbocycles. The van der Waals surface area contributed by atoms with E-state index in [-0.39, 0.29) is 36.1 Å². The Morgan fingerprint density at radius 1 is 1.36 bits per heavy atom. The van der Waals surface area contributed by atoms with Crippen molar-refractivity contribution in [2.75, 3.05) is 25.0 Å². The van der Waals surface area contributed by atoms with E-state index >= 15 is 0 Å². The highest BCUT2D eigenvalue weighted by atomic mass is 19.1. The summed E-state index contributed by atoms with van der Waals surface area (Å²) < 4.78 is 20.6. The Morgan fingerprint density at radius 2 is 2.12 bits per heavy atom. The van der Waals surface area contributed by atoms with Crippen molar-refractivity contribution < 1.29 is 23.8 Å². The second kappa shape index (κ2) is 9.25. The summed E-state index contributed by atoms with van der Waals surface area (Å²) in [5.41, 5.74) is -0.335. The van der Waals surface area contributed by atoms with Crippen LogP contribution in [0.15, 0.2) is 36.5 Å². The molecule has 0 radical (unpaired) electrons. The van der Waals surface area contributed by atoms with Crippen LogP contribution in [0, 0.1) is 23.2 Å². The number of pyridine rings is 1. The molecule has 8 nitrogen and oxygen atoms in total. The third-order valence-electron chi connectivity index (χ3n) is 6.30. The number of alkyl halides is 1. The number of aliphatic hydroxyl groups is 1. The first-order valence-corrected chi connectivity index (χ1v) is 10.9. The van der Waals surface area contributed by atoms with Crippen molar-refractivity contribution >= 4 is 17.5 Å². The molecule has 2 aromatic rings. The molecule has 2 heterocycles. The van der Waals surface area contributed by atoms with Crippen LogP contribution in [0.2, 0.25) is 0 Å². The quantitative estimate of drug-likeness (QED) is 0.588. The van der Waals surface area contributed by atoms with E-state index < -0.39 is 24.2 Å². The first kappa shape index (κ1) is 22.8. The van der Waals surface area contributed by atoms with E-state index in [2.05, 4.69) is 15.6 Å². The maximum absolute atomic E-state index is 14.8. The van der Waals surface area contributed by atoms with Crippen LogP contribution >= 0.6 is 0 Å². The SMILES string of the molecule is CC1CC1C(=O)Nc1cc(-c2ccc(O[C@]3(C(=O)CO)CCNC[C@H]3F)c(C#N)c2)ccn1. The average Bonchev–Trinajstić information content (AvgIpc) is 3.57. The van der Waals surface area contributed by atoms with Gasteiger partial charge in [0.05, 0.1) is 5.56 Å². The monoisotopic (exact) mass is 452 g/mol. The second-order valence-corrected chi connectivity index (χ2v) is 8.56. The molecule has 4 rings (SSSR count). The van der Waals surface area contributed by atoms with Gasteiger partial charge in [-0.15, -0.1) is 0 Å². The Hall–Kier alpha value is -3.35. The van der Waals surface area contributed by atoms with Crippen molar-refractivity contribution in [3.05, 3.63) is 42.1 Å². The van der Waals surface area contributed by atoms with Crippen LogP contribution in [0.4, 0.5) is 10.2 Å². The van der Waals surface area contributed by atoms with E-state index in [0.717, 1.165) is 12.0 Å². The number of benzene rings is 1. The van der Waals surface area contributed by atoms with Crippen LogP contribution < -0.4 is 15.4 Å². The van der Waals surface area contributed by atoms with Gasteiger partial charge in [0, 0.05) is 25.1 Å². The molecule has 9 heteroatoms. The van der Waals surface area contributed by atoms with Gasteiger partial charge in [0.2, 0.25) is 17.3 Å². The van der Waals surface area contributed by atoms with Gasteiger partial charge in [-0.25, -0.2) is 9.37 Å². The molecule has 2 fully saturated rings. The Morgan fingerprint density at radius 3 is 2.79 bits per heavy atom. The second-order valence-electron chi connectivity index (χ2n) is 8.56. The average molecular weight is 452 g/mol. The van der Waals surface area contributed by atoms with Crippen LogP contribution in [0.5, 0.6) is 5.75 Å². The zero-order valence-electron chi connectivity index (χ0n) is 18.2. The highest BCUT2D eigenvalue weighted by Crippen LogP contribution is 2.38. The van der Waals surface area contributed by atoms with Crippen LogP contribution in [-0.2, 0) is 9.59 Å². The Bertz CT molecular complexity index is 1120. The van der Waals surface area contributed by atoms with Gasteiger partial charge < -0.3 is 20.5 Å². The van der Waals surface area contributed by atoms with Crippen LogP contribution in [-0.4, -0.2) is 53.3 Å². The minimum absolute atomic E-state index is 0.0142. The fourth-order valence-electron chi connectivity index (χ4n) is 4.11. The maximum Gasteiger partial charge on any atom is 0.228 e. The molecule has 1 saturated heterocycles. The molecule has 0 bridgehead atoms. The number of aliphatic hydroxyl groups excluding tert-OH is 1. The zero-order chi connectivity index (χ0) is 23.6. The van der Waals surface area contributed by atoms with Gasteiger partial charge in [-0.05, 0) is 54.3 Å². The molecule has 1 amide bonds. The summed E-state index contributed by atoms with van der Waals surface area (Å²) in [7, 11) is 0. The highest BCUT2D eigenvalue weighted by molar-refractivity contribution is 5.94. The molecule has 2 unspecified atom stereocenters. The standard InChI is InChI=1S/C24H25FN4O4/c1-14-8-18(14)23(32)29-22-10-16(4-6-28-22)15-2-3-19(17(9-15)11-26)33-24(21(31)13-30)5-7-27-12-20(24)25/h2-4,6,9-10,14,18,20,27,30H,5,7-8,12-13H2,1H3,(H,28,29,32)/t14?,18?,20-,24-/m1/s1. The number of Topliss-reactive ketones (excluding diaryl/α,β-unsaturated/α-hetero) is 1. The normalized spacial score (nSPS) is 26.2. The molecular weight excluding hydrogens is 427 g/mol. The third-order valence-corrected chi connectivity index (χ3v) is 6.30. The molecule has 1 aliphatic carbocycles. The number of nitrogens with zero attached hydrogens (tertiary/aromatic N) is 2. The summed E-state index contributed by atoms with van der Waals surface area (Å²) in [5.74, 6) is 0.0547. The summed E-state index contributed by atoms with van der Waals surface area (Å²) in [6, 6.07) is 10.3. The lowest BCUT2D eigenvalue weighted by molar-refractivity contribution is -0.146. The number of ketones is 1. The Balaban J connectivity index is 1.60. The largest absolute Gasteiger partial charge is 0.475 e. The van der Waals surface area contributed by atoms with Gasteiger partial charge in [0.25, 0.3) is 0 Å². The summed E-state index contributed by atoms with van der Waals surface area (Å²) in [5, 5.41) is 24.8. The zero-order valence-corrected chi connectivity index (χ0v) is 18.2. The van der Waals surface area contributed by atoms with E-state index in [0.29, 0.717) is 23.8 Å². The van der Waals surface area contributed by atoms with Crippen molar-refractivity contribution in [1.29, 1.82) is 5.26 Å². The fourth-order valence-corrected chi connectivity index (χ4v) is 4.11. The number of amides is 1. The Kier molecular flexibility index (Phi) is 6.40. The minimum atomic E-state index is -1.85. The third kappa shape index (κ3) is 4.58. The van der Waals surface area contributed by atoms with Gasteiger partial charge in [-0.1, -0.05) is 13.0 Å². The van der Waals surface area contributed by atoms with Gasteiger partial charge in [-0.3, -0.25) is 9.59 Å². The molecule has 1 saturated carbocycles. The van der Waals surface area contributed by atoms with Crippen molar-refractivity contribution in [2.45, 2.75) is 31.5 Å². The number of nitriles is 1. The number of carbonyl (C=O) groups excluding carboxylic acids is 2. The van der Waals surface area contributed by atoms with Gasteiger partial charge in [-0.2, -0.15) is 5.26 Å². The summed E-state index contributed by atoms with van der Waals surface area (Å²) >= 11 is 0. The number of halogens is 1. The molecule has 4 atom stereocenters. The molecule has 3 N–H and O–H groups in total. The number of piperidine rings is 1. The predicted octanol–water partition coefficient (Wildman–Crippen LogP) is 2.23.